The van der Waals surface area contributed by atoms with Crippen LogP contribution in [0.3, 0.4) is 0 Å². The normalized spacial score (nSPS) is 11.5. The molecule has 2 aromatic rings. The largest absolute Gasteiger partial charge is 0.347 e. The van der Waals surface area contributed by atoms with Gasteiger partial charge in [-0.3, -0.25) is 4.68 Å². The zero-order chi connectivity index (χ0) is 15.4. The fourth-order valence-electron chi connectivity index (χ4n) is 2.04. The molecule has 0 bridgehead atoms. The Morgan fingerprint density at radius 2 is 1.95 bits per heavy atom. The van der Waals surface area contributed by atoms with E-state index < -0.39 is 6.29 Å². The molecule has 8 heteroatoms. The maximum Gasteiger partial charge on any atom is 0.204 e. The quantitative estimate of drug-likeness (QED) is 0.732. The number of ether oxygens (including phenoxy) is 2. The van der Waals surface area contributed by atoms with Crippen molar-refractivity contribution in [3.05, 3.63) is 28.3 Å². The fourth-order valence-corrected chi connectivity index (χ4v) is 2.27. The van der Waals surface area contributed by atoms with Crippen molar-refractivity contribution in [3.8, 4) is 0 Å². The summed E-state index contributed by atoms with van der Waals surface area (Å²) in [4.78, 5) is 0. The van der Waals surface area contributed by atoms with E-state index in [4.69, 9.17) is 21.1 Å². The van der Waals surface area contributed by atoms with Crippen molar-refractivity contribution in [3.63, 3.8) is 0 Å². The van der Waals surface area contributed by atoms with Gasteiger partial charge < -0.3 is 9.47 Å². The molecule has 0 spiro atoms. The smallest absolute Gasteiger partial charge is 0.204 e. The van der Waals surface area contributed by atoms with Gasteiger partial charge in [0.2, 0.25) is 6.29 Å². The Kier molecular flexibility index (Phi) is 5.33. The van der Waals surface area contributed by atoms with Crippen LogP contribution in [-0.2, 0) is 23.1 Å². The van der Waals surface area contributed by atoms with Crippen LogP contribution in [0.25, 0.3) is 0 Å². The van der Waals surface area contributed by atoms with Crippen LogP contribution in [0.5, 0.6) is 0 Å². The predicted molar refractivity (Wildman–Crippen MR) is 78.1 cm³/mol. The SMILES string of the molecule is CCOC(OCC)c1cn(Cc2c(C)nn(C)c2Cl)nn1. The van der Waals surface area contributed by atoms with Gasteiger partial charge in [-0.2, -0.15) is 5.10 Å². The third-order valence-corrected chi connectivity index (χ3v) is 3.50. The van der Waals surface area contributed by atoms with Crippen molar-refractivity contribution in [1.29, 1.82) is 0 Å². The lowest BCUT2D eigenvalue weighted by Crippen LogP contribution is -2.09. The minimum Gasteiger partial charge on any atom is -0.347 e. The summed E-state index contributed by atoms with van der Waals surface area (Å²) in [5.41, 5.74) is 2.46. The summed E-state index contributed by atoms with van der Waals surface area (Å²) in [6.45, 7) is 7.35. The van der Waals surface area contributed by atoms with Gasteiger partial charge in [0, 0.05) is 25.8 Å². The van der Waals surface area contributed by atoms with Gasteiger partial charge in [0.25, 0.3) is 0 Å². The van der Waals surface area contributed by atoms with E-state index in [1.165, 1.54) is 0 Å². The standard InChI is InChI=1S/C13H20ClN5O2/c1-5-20-13(21-6-2)11-8-19(17-15-11)7-10-9(3)16-18(4)12(10)14/h8,13H,5-7H2,1-4H3. The Hall–Kier alpha value is -1.44. The number of hydrogen-bond donors (Lipinski definition) is 0. The highest BCUT2D eigenvalue weighted by Gasteiger charge is 2.17. The van der Waals surface area contributed by atoms with E-state index in [0.29, 0.717) is 30.6 Å². The molecule has 0 saturated heterocycles. The second-order valence-electron chi connectivity index (χ2n) is 4.56. The molecule has 2 heterocycles. The highest BCUT2D eigenvalue weighted by atomic mass is 35.5. The molecule has 0 fully saturated rings. The van der Waals surface area contributed by atoms with Crippen LogP contribution < -0.4 is 0 Å². The Bertz CT molecular complexity index is 589. The Balaban J connectivity index is 2.15. The molecule has 0 aliphatic rings. The molecule has 0 saturated carbocycles. The zero-order valence-electron chi connectivity index (χ0n) is 12.7. The van der Waals surface area contributed by atoms with Gasteiger partial charge in [-0.15, -0.1) is 5.10 Å². The molecule has 7 nitrogen and oxygen atoms in total. The van der Waals surface area contributed by atoms with Crippen molar-refractivity contribution in [2.24, 2.45) is 7.05 Å². The summed E-state index contributed by atoms with van der Waals surface area (Å²) in [5.74, 6) is 0. The first-order valence-electron chi connectivity index (χ1n) is 6.88. The van der Waals surface area contributed by atoms with Gasteiger partial charge in [0.05, 0.1) is 18.4 Å². The third-order valence-electron chi connectivity index (χ3n) is 3.02. The summed E-state index contributed by atoms with van der Waals surface area (Å²) < 4.78 is 14.4. The van der Waals surface area contributed by atoms with E-state index in [9.17, 15) is 0 Å². The van der Waals surface area contributed by atoms with Crippen LogP contribution in [0.1, 0.15) is 37.1 Å². The van der Waals surface area contributed by atoms with E-state index in [1.807, 2.05) is 27.8 Å². The van der Waals surface area contributed by atoms with Gasteiger partial charge in [0.1, 0.15) is 10.8 Å². The Morgan fingerprint density at radius 3 is 2.48 bits per heavy atom. The first-order valence-corrected chi connectivity index (χ1v) is 7.25. The monoisotopic (exact) mass is 313 g/mol. The number of aromatic nitrogens is 5. The van der Waals surface area contributed by atoms with Crippen molar-refractivity contribution >= 4 is 11.6 Å². The summed E-state index contributed by atoms with van der Waals surface area (Å²) in [6, 6.07) is 0. The topological polar surface area (TPSA) is 67.0 Å². The summed E-state index contributed by atoms with van der Waals surface area (Å²) in [6.07, 6.45) is 1.32. The maximum absolute atomic E-state index is 6.22. The lowest BCUT2D eigenvalue weighted by Gasteiger charge is -2.13. The Labute approximate surface area is 128 Å². The van der Waals surface area contributed by atoms with Gasteiger partial charge in [-0.05, 0) is 20.8 Å². The zero-order valence-corrected chi connectivity index (χ0v) is 13.5. The van der Waals surface area contributed by atoms with E-state index in [2.05, 4.69) is 15.4 Å². The average molecular weight is 314 g/mol. The number of nitrogens with zero attached hydrogens (tertiary/aromatic N) is 5. The molecule has 0 aromatic carbocycles. The van der Waals surface area contributed by atoms with E-state index in [0.717, 1.165) is 11.3 Å². The molecule has 0 amide bonds. The average Bonchev–Trinajstić information content (AvgIpc) is 3.00. The molecule has 2 rings (SSSR count). The van der Waals surface area contributed by atoms with Crippen LogP contribution in [-0.4, -0.2) is 38.0 Å². The second kappa shape index (κ2) is 7.02. The van der Waals surface area contributed by atoms with E-state index in [-0.39, 0.29) is 0 Å². The van der Waals surface area contributed by atoms with Crippen molar-refractivity contribution in [1.82, 2.24) is 24.8 Å². The van der Waals surface area contributed by atoms with Crippen LogP contribution in [0.4, 0.5) is 0 Å². The summed E-state index contributed by atoms with van der Waals surface area (Å²) in [7, 11) is 1.81. The first kappa shape index (κ1) is 15.9. The van der Waals surface area contributed by atoms with Crippen LogP contribution in [0, 0.1) is 6.92 Å². The molecule has 0 unspecified atom stereocenters. The number of aryl methyl sites for hydroxylation is 2. The molecule has 21 heavy (non-hydrogen) atoms. The van der Waals surface area contributed by atoms with Crippen LogP contribution >= 0.6 is 11.6 Å². The lowest BCUT2D eigenvalue weighted by atomic mass is 10.2. The lowest BCUT2D eigenvalue weighted by molar-refractivity contribution is -0.142. The molecule has 2 aromatic heterocycles. The number of halogens is 1. The molecular weight excluding hydrogens is 294 g/mol. The minimum atomic E-state index is -0.487. The highest BCUT2D eigenvalue weighted by Crippen LogP contribution is 2.21. The van der Waals surface area contributed by atoms with Crippen LogP contribution in [0.2, 0.25) is 5.15 Å². The first-order chi connectivity index (χ1) is 10.1. The summed E-state index contributed by atoms with van der Waals surface area (Å²) in [5, 5.41) is 13.1. The predicted octanol–water partition coefficient (Wildman–Crippen LogP) is 2.09. The van der Waals surface area contributed by atoms with Crippen molar-refractivity contribution < 1.29 is 9.47 Å². The number of hydrogen-bond acceptors (Lipinski definition) is 5. The van der Waals surface area contributed by atoms with Gasteiger partial charge in [0.15, 0.2) is 0 Å². The van der Waals surface area contributed by atoms with E-state index >= 15 is 0 Å². The highest BCUT2D eigenvalue weighted by molar-refractivity contribution is 6.30. The molecule has 0 N–H and O–H groups in total. The van der Waals surface area contributed by atoms with Crippen molar-refractivity contribution in [2.45, 2.75) is 33.6 Å². The van der Waals surface area contributed by atoms with Gasteiger partial charge in [-0.1, -0.05) is 16.8 Å². The van der Waals surface area contributed by atoms with Crippen LogP contribution in [0.15, 0.2) is 6.20 Å². The fraction of sp³-hybridized carbons (Fsp3) is 0.615. The maximum atomic E-state index is 6.22. The van der Waals surface area contributed by atoms with Gasteiger partial charge in [-0.25, -0.2) is 4.68 Å². The number of rotatable bonds is 7. The summed E-state index contributed by atoms with van der Waals surface area (Å²) >= 11 is 6.22. The molecule has 0 aliphatic carbocycles. The second-order valence-corrected chi connectivity index (χ2v) is 4.92. The van der Waals surface area contributed by atoms with Crippen molar-refractivity contribution in [2.75, 3.05) is 13.2 Å². The van der Waals surface area contributed by atoms with Gasteiger partial charge >= 0.3 is 0 Å². The third kappa shape index (κ3) is 3.61. The van der Waals surface area contributed by atoms with E-state index in [1.54, 1.807) is 15.6 Å². The molecular formula is C13H20ClN5O2. The molecule has 0 radical (unpaired) electrons. The molecule has 116 valence electrons. The Morgan fingerprint density at radius 1 is 1.29 bits per heavy atom. The molecule has 0 aliphatic heterocycles. The minimum absolute atomic E-state index is 0.487. The molecule has 0 atom stereocenters.